The Labute approximate surface area is 180 Å². The summed E-state index contributed by atoms with van der Waals surface area (Å²) in [4.78, 5) is 17.8. The topological polar surface area (TPSA) is 51.2 Å². The summed E-state index contributed by atoms with van der Waals surface area (Å²) in [6.45, 7) is 0. The first-order valence-corrected chi connectivity index (χ1v) is 11.4. The summed E-state index contributed by atoms with van der Waals surface area (Å²) in [6.07, 6.45) is 1.31. The standard InChI is InChI=1S/C20H19IN2O2S2/c1-25-16-8-10-17(11-9-16)26-12-2-3-19(24)23-20-22-18(13-27-20)14-4-6-15(21)7-5-14/h4-11,13H,2-3,12H2,1H3,(H,22,23,24). The molecule has 27 heavy (non-hydrogen) atoms. The number of halogens is 1. The molecule has 1 heterocycles. The highest BCUT2D eigenvalue weighted by molar-refractivity contribution is 14.1. The summed E-state index contributed by atoms with van der Waals surface area (Å²) in [5.41, 5.74) is 1.95. The fraction of sp³-hybridized carbons (Fsp3) is 0.200. The molecular formula is C20H19IN2O2S2. The van der Waals surface area contributed by atoms with Gasteiger partial charge < -0.3 is 10.1 Å². The monoisotopic (exact) mass is 510 g/mol. The van der Waals surface area contributed by atoms with Gasteiger partial charge in [0.25, 0.3) is 0 Å². The van der Waals surface area contributed by atoms with E-state index in [0.717, 1.165) is 29.2 Å². The molecule has 0 aliphatic heterocycles. The van der Waals surface area contributed by atoms with Crippen molar-refractivity contribution >= 4 is 56.7 Å². The van der Waals surface area contributed by atoms with Crippen molar-refractivity contribution < 1.29 is 9.53 Å². The molecule has 1 aromatic heterocycles. The van der Waals surface area contributed by atoms with E-state index in [1.165, 1.54) is 19.8 Å². The number of carbonyl (C=O) groups excluding carboxylic acids is 1. The van der Waals surface area contributed by atoms with E-state index in [1.54, 1.807) is 18.9 Å². The number of anilines is 1. The Morgan fingerprint density at radius 2 is 1.93 bits per heavy atom. The van der Waals surface area contributed by atoms with Crippen LogP contribution in [0.1, 0.15) is 12.8 Å². The minimum atomic E-state index is 0.00819. The number of nitrogens with one attached hydrogen (secondary N) is 1. The smallest absolute Gasteiger partial charge is 0.226 e. The van der Waals surface area contributed by atoms with Gasteiger partial charge in [0.15, 0.2) is 5.13 Å². The normalized spacial score (nSPS) is 10.6. The highest BCUT2D eigenvalue weighted by atomic mass is 127. The highest BCUT2D eigenvalue weighted by Gasteiger charge is 2.08. The molecule has 0 aliphatic rings. The maximum atomic E-state index is 12.1. The third-order valence-electron chi connectivity index (χ3n) is 3.77. The van der Waals surface area contributed by atoms with Crippen molar-refractivity contribution in [3.8, 4) is 17.0 Å². The number of rotatable bonds is 8. The van der Waals surface area contributed by atoms with E-state index in [2.05, 4.69) is 32.9 Å². The number of aromatic nitrogens is 1. The zero-order chi connectivity index (χ0) is 19.1. The van der Waals surface area contributed by atoms with Crippen molar-refractivity contribution in [1.29, 1.82) is 0 Å². The average molecular weight is 510 g/mol. The van der Waals surface area contributed by atoms with Crippen LogP contribution in [0.15, 0.2) is 58.8 Å². The first-order valence-electron chi connectivity index (χ1n) is 8.42. The summed E-state index contributed by atoms with van der Waals surface area (Å²) < 4.78 is 6.34. The van der Waals surface area contributed by atoms with Crippen LogP contribution in [0.4, 0.5) is 5.13 Å². The van der Waals surface area contributed by atoms with Gasteiger partial charge in [0.05, 0.1) is 12.8 Å². The van der Waals surface area contributed by atoms with E-state index in [0.29, 0.717) is 11.6 Å². The van der Waals surface area contributed by atoms with Crippen LogP contribution in [0.25, 0.3) is 11.3 Å². The molecule has 4 nitrogen and oxygen atoms in total. The van der Waals surface area contributed by atoms with Crippen molar-refractivity contribution in [3.63, 3.8) is 0 Å². The highest BCUT2D eigenvalue weighted by Crippen LogP contribution is 2.26. The Balaban J connectivity index is 1.42. The van der Waals surface area contributed by atoms with E-state index in [-0.39, 0.29) is 5.91 Å². The summed E-state index contributed by atoms with van der Waals surface area (Å²) in [5, 5.41) is 5.52. The molecule has 0 bridgehead atoms. The van der Waals surface area contributed by atoms with Crippen molar-refractivity contribution in [2.75, 3.05) is 18.2 Å². The van der Waals surface area contributed by atoms with Gasteiger partial charge >= 0.3 is 0 Å². The molecule has 0 radical (unpaired) electrons. The zero-order valence-corrected chi connectivity index (χ0v) is 18.6. The second-order valence-corrected chi connectivity index (χ2v) is 8.99. The Kier molecular flexibility index (Phi) is 7.54. The summed E-state index contributed by atoms with van der Waals surface area (Å²) >= 11 is 5.47. The number of nitrogens with zero attached hydrogens (tertiary/aromatic N) is 1. The molecule has 3 aromatic rings. The van der Waals surface area contributed by atoms with Crippen LogP contribution in [0, 0.1) is 3.57 Å². The molecule has 0 saturated carbocycles. The number of hydrogen-bond donors (Lipinski definition) is 1. The van der Waals surface area contributed by atoms with E-state index >= 15 is 0 Å². The van der Waals surface area contributed by atoms with Crippen molar-refractivity contribution in [1.82, 2.24) is 4.98 Å². The van der Waals surface area contributed by atoms with Crippen LogP contribution in [-0.2, 0) is 4.79 Å². The molecule has 0 unspecified atom stereocenters. The molecule has 7 heteroatoms. The van der Waals surface area contributed by atoms with Gasteiger partial charge in [0.2, 0.25) is 5.91 Å². The van der Waals surface area contributed by atoms with Gasteiger partial charge in [-0.3, -0.25) is 4.79 Å². The number of benzene rings is 2. The first-order chi connectivity index (χ1) is 13.1. The number of amides is 1. The molecule has 1 amide bonds. The third kappa shape index (κ3) is 6.22. The lowest BCUT2D eigenvalue weighted by molar-refractivity contribution is -0.116. The number of hydrogen-bond acceptors (Lipinski definition) is 5. The van der Waals surface area contributed by atoms with Gasteiger partial charge in [-0.2, -0.15) is 0 Å². The quantitative estimate of drug-likeness (QED) is 0.232. The molecule has 140 valence electrons. The molecule has 0 spiro atoms. The fourth-order valence-electron chi connectivity index (χ4n) is 2.36. The van der Waals surface area contributed by atoms with Gasteiger partial charge in [0.1, 0.15) is 5.75 Å². The predicted molar refractivity (Wildman–Crippen MR) is 122 cm³/mol. The van der Waals surface area contributed by atoms with Crippen LogP contribution < -0.4 is 10.1 Å². The largest absolute Gasteiger partial charge is 0.497 e. The predicted octanol–water partition coefficient (Wildman–Crippen LogP) is 5.93. The van der Waals surface area contributed by atoms with Gasteiger partial charge in [0, 0.05) is 25.8 Å². The minimum Gasteiger partial charge on any atom is -0.497 e. The fourth-order valence-corrected chi connectivity index (χ4v) is 4.31. The van der Waals surface area contributed by atoms with Gasteiger partial charge in [-0.05, 0) is 71.2 Å². The van der Waals surface area contributed by atoms with Gasteiger partial charge in [-0.15, -0.1) is 23.1 Å². The molecule has 0 saturated heterocycles. The number of ether oxygens (including phenoxy) is 1. The zero-order valence-electron chi connectivity index (χ0n) is 14.8. The van der Waals surface area contributed by atoms with E-state index in [1.807, 2.05) is 53.9 Å². The SMILES string of the molecule is COc1ccc(SCCCC(=O)Nc2nc(-c3ccc(I)cc3)cs2)cc1. The van der Waals surface area contributed by atoms with Gasteiger partial charge in [-0.25, -0.2) is 4.98 Å². The number of carbonyl (C=O) groups is 1. The molecule has 0 fully saturated rings. The average Bonchev–Trinajstić information content (AvgIpc) is 3.14. The second-order valence-electron chi connectivity index (χ2n) is 5.72. The lowest BCUT2D eigenvalue weighted by Crippen LogP contribution is -2.11. The Morgan fingerprint density at radius 1 is 1.19 bits per heavy atom. The van der Waals surface area contributed by atoms with Crippen LogP contribution in [0.3, 0.4) is 0 Å². The summed E-state index contributed by atoms with van der Waals surface area (Å²) in [5.74, 6) is 1.76. The van der Waals surface area contributed by atoms with Crippen LogP contribution in [-0.4, -0.2) is 23.8 Å². The van der Waals surface area contributed by atoms with Crippen molar-refractivity contribution in [2.45, 2.75) is 17.7 Å². The number of methoxy groups -OCH3 is 1. The van der Waals surface area contributed by atoms with Crippen LogP contribution in [0.5, 0.6) is 5.75 Å². The second kappa shape index (κ2) is 10.1. The molecule has 3 rings (SSSR count). The maximum Gasteiger partial charge on any atom is 0.226 e. The Morgan fingerprint density at radius 3 is 2.63 bits per heavy atom. The lowest BCUT2D eigenvalue weighted by atomic mass is 10.2. The number of thioether (sulfide) groups is 1. The van der Waals surface area contributed by atoms with E-state index in [9.17, 15) is 4.79 Å². The third-order valence-corrected chi connectivity index (χ3v) is 6.34. The summed E-state index contributed by atoms with van der Waals surface area (Å²) in [6, 6.07) is 16.1. The molecule has 1 N–H and O–H groups in total. The van der Waals surface area contributed by atoms with Gasteiger partial charge in [-0.1, -0.05) is 12.1 Å². The van der Waals surface area contributed by atoms with Crippen molar-refractivity contribution in [2.24, 2.45) is 0 Å². The number of thiazole rings is 1. The minimum absolute atomic E-state index is 0.00819. The Bertz CT molecular complexity index is 880. The Hall–Kier alpha value is -1.58. The van der Waals surface area contributed by atoms with E-state index < -0.39 is 0 Å². The van der Waals surface area contributed by atoms with Crippen LogP contribution >= 0.6 is 45.7 Å². The first kappa shape index (κ1) is 20.2. The molecule has 0 atom stereocenters. The van der Waals surface area contributed by atoms with Crippen molar-refractivity contribution in [3.05, 3.63) is 57.5 Å². The van der Waals surface area contributed by atoms with E-state index in [4.69, 9.17) is 4.74 Å². The van der Waals surface area contributed by atoms with Crippen LogP contribution in [0.2, 0.25) is 0 Å². The summed E-state index contributed by atoms with van der Waals surface area (Å²) in [7, 11) is 1.66. The lowest BCUT2D eigenvalue weighted by Gasteiger charge is -2.04. The molecular weight excluding hydrogens is 491 g/mol. The molecule has 0 aliphatic carbocycles. The molecule has 2 aromatic carbocycles. The maximum absolute atomic E-state index is 12.1.